The lowest BCUT2D eigenvalue weighted by Gasteiger charge is -2.30. The smallest absolute Gasteiger partial charge is 0.333 e. The number of nitrogens with zero attached hydrogens (tertiary/aromatic N) is 2. The second-order valence-corrected chi connectivity index (χ2v) is 10.9. The molecule has 8 nitrogen and oxygen atoms in total. The number of aromatic nitrogens is 2. The van der Waals surface area contributed by atoms with E-state index in [0.717, 1.165) is 49.8 Å². The quantitative estimate of drug-likeness (QED) is 0.780. The van der Waals surface area contributed by atoms with Gasteiger partial charge in [0.15, 0.2) is 4.90 Å². The molecule has 2 amide bonds. The molecule has 2 aromatic rings. The van der Waals surface area contributed by atoms with Crippen molar-refractivity contribution >= 4 is 21.7 Å². The molecule has 2 aliphatic carbocycles. The molecule has 2 heterocycles. The molecule has 0 unspecified atom stereocenters. The number of urea groups is 1. The third kappa shape index (κ3) is 3.25. The Kier molecular flexibility index (Phi) is 4.36. The normalized spacial score (nSPS) is 18.9. The summed E-state index contributed by atoms with van der Waals surface area (Å²) in [6, 6.07) is 1.25. The van der Waals surface area contributed by atoms with Crippen LogP contribution in [0.1, 0.15) is 48.9 Å². The Morgan fingerprint density at radius 3 is 2.70 bits per heavy atom. The molecule has 9 heteroatoms. The number of carbonyl (C=O) groups is 1. The lowest BCUT2D eigenvalue weighted by Crippen LogP contribution is -2.36. The summed E-state index contributed by atoms with van der Waals surface area (Å²) >= 11 is 0. The summed E-state index contributed by atoms with van der Waals surface area (Å²) in [5.41, 5.74) is 5.80. The molecule has 0 radical (unpaired) electrons. The zero-order valence-corrected chi connectivity index (χ0v) is 18.1. The van der Waals surface area contributed by atoms with E-state index in [9.17, 15) is 13.2 Å². The van der Waals surface area contributed by atoms with Gasteiger partial charge in [0.05, 0.1) is 19.3 Å². The average Bonchev–Trinajstić information content (AvgIpc) is 3.38. The molecule has 0 atom stereocenters. The fourth-order valence-corrected chi connectivity index (χ4v) is 5.84. The first kappa shape index (κ1) is 19.4. The van der Waals surface area contributed by atoms with E-state index in [1.54, 1.807) is 0 Å². The molecule has 1 aromatic heterocycles. The maximum atomic E-state index is 12.8. The van der Waals surface area contributed by atoms with Gasteiger partial charge in [0.1, 0.15) is 0 Å². The highest BCUT2D eigenvalue weighted by Gasteiger charge is 2.34. The number of nitrogens with one attached hydrogen (secondary N) is 2. The van der Waals surface area contributed by atoms with Crippen molar-refractivity contribution in [1.82, 2.24) is 14.5 Å². The average molecular weight is 431 g/mol. The zero-order valence-electron chi connectivity index (χ0n) is 17.2. The van der Waals surface area contributed by atoms with Crippen LogP contribution in [-0.2, 0) is 42.3 Å². The number of fused-ring (bicyclic) bond motifs is 4. The van der Waals surface area contributed by atoms with Crippen molar-refractivity contribution in [1.29, 1.82) is 0 Å². The van der Waals surface area contributed by atoms with Crippen LogP contribution in [0.25, 0.3) is 0 Å². The van der Waals surface area contributed by atoms with Crippen LogP contribution < -0.4 is 14.8 Å². The number of carbonyl (C=O) groups excluding carboxylic acids is 1. The SMILES string of the molecule is CC1(C)COc2c(S(=O)(=O)NC(=O)Nc3cc4c(c5c3CCC5)CCC4)cnn2C1. The van der Waals surface area contributed by atoms with Crippen molar-refractivity contribution < 1.29 is 17.9 Å². The molecule has 0 fully saturated rings. The largest absolute Gasteiger partial charge is 0.476 e. The standard InChI is InChI=1S/C21H26N4O4S/c1-21(2)11-25-19(29-12-21)18(10-22-25)30(27,28)24-20(26)23-17-9-13-5-3-6-14(13)15-7-4-8-16(15)17/h9-10H,3-8,11-12H2,1-2H3,(H2,23,24,26). The van der Waals surface area contributed by atoms with E-state index in [4.69, 9.17) is 4.74 Å². The summed E-state index contributed by atoms with van der Waals surface area (Å²) in [5.74, 6) is 0.174. The molecule has 3 aliphatic rings. The lowest BCUT2D eigenvalue weighted by atomic mass is 9.94. The van der Waals surface area contributed by atoms with Gasteiger partial charge < -0.3 is 10.1 Å². The number of aryl methyl sites for hydroxylation is 1. The van der Waals surface area contributed by atoms with Gasteiger partial charge in [-0.2, -0.15) is 5.10 Å². The van der Waals surface area contributed by atoms with E-state index in [2.05, 4.69) is 15.1 Å². The molecular formula is C21H26N4O4S. The molecule has 0 bridgehead atoms. The summed E-state index contributed by atoms with van der Waals surface area (Å²) in [5, 5.41) is 6.92. The monoisotopic (exact) mass is 430 g/mol. The summed E-state index contributed by atoms with van der Waals surface area (Å²) in [7, 11) is -4.11. The van der Waals surface area contributed by atoms with Crippen molar-refractivity contribution in [3.8, 4) is 5.88 Å². The van der Waals surface area contributed by atoms with Crippen LogP contribution in [0.4, 0.5) is 10.5 Å². The highest BCUT2D eigenvalue weighted by atomic mass is 32.2. The number of rotatable bonds is 3. The summed E-state index contributed by atoms with van der Waals surface area (Å²) in [6.07, 6.45) is 7.48. The second-order valence-electron chi connectivity index (χ2n) is 9.21. The molecule has 0 spiro atoms. The van der Waals surface area contributed by atoms with Crippen LogP contribution in [0.5, 0.6) is 5.88 Å². The van der Waals surface area contributed by atoms with Gasteiger partial charge in [-0.3, -0.25) is 0 Å². The first-order chi connectivity index (χ1) is 14.2. The Hall–Kier alpha value is -2.55. The highest BCUT2D eigenvalue weighted by molar-refractivity contribution is 7.90. The number of ether oxygens (including phenoxy) is 1. The Labute approximate surface area is 176 Å². The van der Waals surface area contributed by atoms with Crippen molar-refractivity contribution in [2.75, 3.05) is 11.9 Å². The van der Waals surface area contributed by atoms with Crippen molar-refractivity contribution in [3.05, 3.63) is 34.5 Å². The number of sulfonamides is 1. The molecule has 160 valence electrons. The summed E-state index contributed by atoms with van der Waals surface area (Å²) in [4.78, 5) is 12.5. The van der Waals surface area contributed by atoms with Crippen LogP contribution in [0.2, 0.25) is 0 Å². The molecule has 1 aliphatic heterocycles. The van der Waals surface area contributed by atoms with Gasteiger partial charge in [0.2, 0.25) is 5.88 Å². The van der Waals surface area contributed by atoms with Gasteiger partial charge in [-0.05, 0) is 66.8 Å². The van der Waals surface area contributed by atoms with Gasteiger partial charge >= 0.3 is 6.03 Å². The summed E-state index contributed by atoms with van der Waals surface area (Å²) in [6.45, 7) is 4.97. The third-order valence-electron chi connectivity index (χ3n) is 6.19. The topological polar surface area (TPSA) is 102 Å². The fourth-order valence-electron chi connectivity index (χ4n) is 4.86. The van der Waals surface area contributed by atoms with E-state index >= 15 is 0 Å². The molecular weight excluding hydrogens is 404 g/mol. The number of benzene rings is 1. The van der Waals surface area contributed by atoms with Crippen LogP contribution in [0, 0.1) is 5.41 Å². The van der Waals surface area contributed by atoms with Crippen LogP contribution in [-0.4, -0.2) is 30.8 Å². The minimum absolute atomic E-state index is 0.118. The van der Waals surface area contributed by atoms with Crippen molar-refractivity contribution in [3.63, 3.8) is 0 Å². The predicted molar refractivity (Wildman–Crippen MR) is 111 cm³/mol. The molecule has 30 heavy (non-hydrogen) atoms. The van der Waals surface area contributed by atoms with E-state index < -0.39 is 16.1 Å². The molecule has 1 aromatic carbocycles. The molecule has 0 saturated carbocycles. The number of amides is 2. The number of hydrogen-bond donors (Lipinski definition) is 2. The number of hydrogen-bond acceptors (Lipinski definition) is 5. The van der Waals surface area contributed by atoms with Crippen molar-refractivity contribution in [2.24, 2.45) is 5.41 Å². The predicted octanol–water partition coefficient (Wildman–Crippen LogP) is 2.79. The Morgan fingerprint density at radius 1 is 1.13 bits per heavy atom. The van der Waals surface area contributed by atoms with Crippen LogP contribution >= 0.6 is 0 Å². The van der Waals surface area contributed by atoms with Crippen molar-refractivity contribution in [2.45, 2.75) is 63.8 Å². The minimum Gasteiger partial charge on any atom is -0.476 e. The minimum atomic E-state index is -4.11. The van der Waals surface area contributed by atoms with E-state index in [1.165, 1.54) is 27.6 Å². The first-order valence-corrected chi connectivity index (χ1v) is 11.9. The van der Waals surface area contributed by atoms with Gasteiger partial charge in [-0.1, -0.05) is 13.8 Å². The molecule has 5 rings (SSSR count). The maximum Gasteiger partial charge on any atom is 0.333 e. The highest BCUT2D eigenvalue weighted by Crippen LogP contribution is 2.38. The fraction of sp³-hybridized carbons (Fsp3) is 0.524. The Morgan fingerprint density at radius 2 is 1.87 bits per heavy atom. The number of anilines is 1. The van der Waals surface area contributed by atoms with Crippen LogP contribution in [0.15, 0.2) is 17.2 Å². The third-order valence-corrected chi connectivity index (χ3v) is 7.50. The zero-order chi connectivity index (χ0) is 21.1. The lowest BCUT2D eigenvalue weighted by molar-refractivity contribution is 0.0970. The van der Waals surface area contributed by atoms with Gasteiger partial charge in [-0.25, -0.2) is 22.6 Å². The molecule has 2 N–H and O–H groups in total. The second kappa shape index (κ2) is 6.73. The van der Waals surface area contributed by atoms with E-state index in [1.807, 2.05) is 19.9 Å². The van der Waals surface area contributed by atoms with E-state index in [-0.39, 0.29) is 16.2 Å². The molecule has 0 saturated heterocycles. The van der Waals surface area contributed by atoms with E-state index in [0.29, 0.717) is 13.2 Å². The van der Waals surface area contributed by atoms with Crippen LogP contribution in [0.3, 0.4) is 0 Å². The Balaban J connectivity index is 1.37. The van der Waals surface area contributed by atoms with Gasteiger partial charge in [-0.15, -0.1) is 0 Å². The van der Waals surface area contributed by atoms with Gasteiger partial charge in [0.25, 0.3) is 10.0 Å². The summed E-state index contributed by atoms with van der Waals surface area (Å²) < 4.78 is 35.0. The van der Waals surface area contributed by atoms with Gasteiger partial charge in [0, 0.05) is 11.1 Å². The Bertz CT molecular complexity index is 1150. The maximum absolute atomic E-state index is 12.8. The first-order valence-electron chi connectivity index (χ1n) is 10.4.